The van der Waals surface area contributed by atoms with E-state index >= 15 is 0 Å². The molecule has 0 unspecified atom stereocenters. The summed E-state index contributed by atoms with van der Waals surface area (Å²) in [6.07, 6.45) is -0.145. The number of aromatic nitrogens is 4. The van der Waals surface area contributed by atoms with Crippen LogP contribution in [0.4, 0.5) is 13.9 Å². The Labute approximate surface area is 181 Å². The summed E-state index contributed by atoms with van der Waals surface area (Å²) in [6, 6.07) is 2.45. The van der Waals surface area contributed by atoms with Crippen molar-refractivity contribution >= 4 is 44.9 Å². The molecule has 0 bridgehead atoms. The molecule has 0 atom stereocenters. The van der Waals surface area contributed by atoms with Crippen LogP contribution < -0.4 is 16.6 Å². The third kappa shape index (κ3) is 3.57. The third-order valence-electron chi connectivity index (χ3n) is 4.82. The van der Waals surface area contributed by atoms with E-state index in [1.54, 1.807) is 5.38 Å². The van der Waals surface area contributed by atoms with Crippen LogP contribution in [0.3, 0.4) is 0 Å². The minimum Gasteiger partial charge on any atom is -0.302 e. The van der Waals surface area contributed by atoms with Crippen molar-refractivity contribution in [1.82, 2.24) is 18.5 Å². The molecular weight excluding hydrogens is 448 g/mol. The zero-order valence-corrected chi connectivity index (χ0v) is 18.2. The molecular formula is C19H15F2N5O3S2. The lowest BCUT2D eigenvalue weighted by Gasteiger charge is -2.04. The van der Waals surface area contributed by atoms with Gasteiger partial charge in [0.2, 0.25) is 5.91 Å². The standard InChI is InChI=1S/C19H15F2N5O3S2/c1-8-10(20)5-4-9(15(8)21)11-7-30-18(22-11)23-13(27)6-12-14-16(24-31-12)25(2)19(29)26(3)17(14)28/h4-5,7H,6H2,1-3H3,(H,22,23,27). The first-order valence-corrected chi connectivity index (χ1v) is 10.6. The minimum absolute atomic E-state index is 0.107. The second kappa shape index (κ2) is 7.78. The SMILES string of the molecule is Cc1c(F)ccc(-c2csc(NC(=O)Cc3snc4c3c(=O)n(C)c(=O)n4C)n2)c1F. The van der Waals surface area contributed by atoms with Crippen molar-refractivity contribution in [3.63, 3.8) is 0 Å². The molecule has 4 rings (SSSR count). The van der Waals surface area contributed by atoms with E-state index in [4.69, 9.17) is 0 Å². The van der Waals surface area contributed by atoms with Gasteiger partial charge < -0.3 is 5.32 Å². The van der Waals surface area contributed by atoms with Crippen molar-refractivity contribution in [3.8, 4) is 11.3 Å². The number of fused-ring (bicyclic) bond motifs is 1. The summed E-state index contributed by atoms with van der Waals surface area (Å²) in [6.45, 7) is 1.34. The average Bonchev–Trinajstić information content (AvgIpc) is 3.36. The van der Waals surface area contributed by atoms with Crippen LogP contribution >= 0.6 is 22.9 Å². The summed E-state index contributed by atoms with van der Waals surface area (Å²) < 4.78 is 34.2. The Kier molecular flexibility index (Phi) is 5.27. The van der Waals surface area contributed by atoms with Crippen molar-refractivity contribution in [1.29, 1.82) is 0 Å². The van der Waals surface area contributed by atoms with Crippen LogP contribution in [-0.4, -0.2) is 24.4 Å². The quantitative estimate of drug-likeness (QED) is 0.502. The van der Waals surface area contributed by atoms with Crippen molar-refractivity contribution in [2.45, 2.75) is 13.3 Å². The van der Waals surface area contributed by atoms with Crippen LogP contribution in [0, 0.1) is 18.6 Å². The fourth-order valence-corrected chi connectivity index (χ4v) is 4.68. The third-order valence-corrected chi connectivity index (χ3v) is 6.41. The molecule has 0 fully saturated rings. The molecule has 4 aromatic rings. The monoisotopic (exact) mass is 463 g/mol. The summed E-state index contributed by atoms with van der Waals surface area (Å²) >= 11 is 2.06. The Hall–Kier alpha value is -3.25. The number of carbonyl (C=O) groups excluding carboxylic acids is 1. The molecule has 8 nitrogen and oxygen atoms in total. The molecule has 0 spiro atoms. The highest BCUT2D eigenvalue weighted by Gasteiger charge is 2.19. The van der Waals surface area contributed by atoms with E-state index in [1.807, 2.05) is 0 Å². The van der Waals surface area contributed by atoms with Gasteiger partial charge in [0.05, 0.1) is 17.5 Å². The molecule has 3 aromatic heterocycles. The fourth-order valence-electron chi connectivity index (χ4n) is 3.07. The average molecular weight is 463 g/mol. The molecule has 1 aromatic carbocycles. The molecule has 0 saturated heterocycles. The van der Waals surface area contributed by atoms with Gasteiger partial charge in [0.1, 0.15) is 11.6 Å². The number of aryl methyl sites for hydroxylation is 1. The molecule has 1 amide bonds. The van der Waals surface area contributed by atoms with Crippen LogP contribution in [0.25, 0.3) is 22.3 Å². The van der Waals surface area contributed by atoms with E-state index in [9.17, 15) is 23.2 Å². The zero-order valence-electron chi connectivity index (χ0n) is 16.5. The maximum atomic E-state index is 14.3. The number of hydrogen-bond donors (Lipinski definition) is 1. The highest BCUT2D eigenvalue weighted by molar-refractivity contribution is 7.14. The van der Waals surface area contributed by atoms with Crippen LogP contribution in [0.5, 0.6) is 0 Å². The minimum atomic E-state index is -0.708. The molecule has 0 aliphatic carbocycles. The fraction of sp³-hybridized carbons (Fsp3) is 0.211. The maximum Gasteiger partial charge on any atom is 0.332 e. The molecule has 160 valence electrons. The van der Waals surface area contributed by atoms with E-state index in [-0.39, 0.29) is 39.4 Å². The highest BCUT2D eigenvalue weighted by atomic mass is 32.1. The van der Waals surface area contributed by atoms with E-state index < -0.39 is 28.8 Å². The van der Waals surface area contributed by atoms with E-state index in [0.29, 0.717) is 4.88 Å². The summed E-state index contributed by atoms with van der Waals surface area (Å²) in [5, 5.41) is 4.62. The molecule has 31 heavy (non-hydrogen) atoms. The number of carbonyl (C=O) groups is 1. The first kappa shape index (κ1) is 21.0. The number of amides is 1. The van der Waals surface area contributed by atoms with Crippen molar-refractivity contribution in [2.24, 2.45) is 14.1 Å². The van der Waals surface area contributed by atoms with Gasteiger partial charge in [0.15, 0.2) is 10.8 Å². The lowest BCUT2D eigenvalue weighted by atomic mass is 10.1. The zero-order chi connectivity index (χ0) is 22.4. The molecule has 0 saturated carbocycles. The Morgan fingerprint density at radius 2 is 1.94 bits per heavy atom. The second-order valence-corrected chi connectivity index (χ2v) is 8.52. The number of nitrogens with zero attached hydrogens (tertiary/aromatic N) is 4. The molecule has 0 aliphatic heterocycles. The molecule has 1 N–H and O–H groups in total. The van der Waals surface area contributed by atoms with Crippen LogP contribution in [0.2, 0.25) is 0 Å². The van der Waals surface area contributed by atoms with Gasteiger partial charge in [-0.05, 0) is 30.6 Å². The Bertz CT molecular complexity index is 1470. The first-order valence-electron chi connectivity index (χ1n) is 8.93. The Morgan fingerprint density at radius 3 is 2.68 bits per heavy atom. The Morgan fingerprint density at radius 1 is 1.19 bits per heavy atom. The summed E-state index contributed by atoms with van der Waals surface area (Å²) in [7, 11) is 2.86. The van der Waals surface area contributed by atoms with Crippen LogP contribution in [0.15, 0.2) is 27.1 Å². The molecule has 0 aliphatic rings. The lowest BCUT2D eigenvalue weighted by Crippen LogP contribution is -2.37. The van der Waals surface area contributed by atoms with Crippen LogP contribution in [-0.2, 0) is 25.3 Å². The number of thiazole rings is 1. The number of rotatable bonds is 4. The number of anilines is 1. The molecule has 3 heterocycles. The molecule has 0 radical (unpaired) electrons. The number of nitrogens with one attached hydrogen (secondary N) is 1. The number of hydrogen-bond acceptors (Lipinski definition) is 7. The van der Waals surface area contributed by atoms with E-state index in [0.717, 1.165) is 33.5 Å². The van der Waals surface area contributed by atoms with E-state index in [2.05, 4.69) is 14.7 Å². The van der Waals surface area contributed by atoms with Crippen molar-refractivity contribution < 1.29 is 13.6 Å². The smallest absolute Gasteiger partial charge is 0.302 e. The lowest BCUT2D eigenvalue weighted by molar-refractivity contribution is -0.115. The summed E-state index contributed by atoms with van der Waals surface area (Å²) in [5.41, 5.74) is -0.504. The van der Waals surface area contributed by atoms with Crippen molar-refractivity contribution in [3.05, 3.63) is 60.4 Å². The van der Waals surface area contributed by atoms with Gasteiger partial charge >= 0.3 is 5.69 Å². The van der Waals surface area contributed by atoms with Gasteiger partial charge in [-0.1, -0.05) is 0 Å². The van der Waals surface area contributed by atoms with Crippen molar-refractivity contribution in [2.75, 3.05) is 5.32 Å². The number of halogens is 2. The van der Waals surface area contributed by atoms with E-state index in [1.165, 1.54) is 31.7 Å². The van der Waals surface area contributed by atoms with Gasteiger partial charge in [-0.25, -0.2) is 18.6 Å². The summed E-state index contributed by atoms with van der Waals surface area (Å²) in [4.78, 5) is 41.6. The van der Waals surface area contributed by atoms with Gasteiger partial charge in [-0.3, -0.25) is 18.7 Å². The van der Waals surface area contributed by atoms with Crippen LogP contribution in [0.1, 0.15) is 10.4 Å². The Balaban J connectivity index is 1.58. The largest absolute Gasteiger partial charge is 0.332 e. The first-order chi connectivity index (χ1) is 14.7. The normalized spacial score (nSPS) is 11.3. The number of benzene rings is 1. The van der Waals surface area contributed by atoms with Gasteiger partial charge in [-0.15, -0.1) is 11.3 Å². The topological polar surface area (TPSA) is 98.9 Å². The maximum absolute atomic E-state index is 14.3. The highest BCUT2D eigenvalue weighted by Crippen LogP contribution is 2.29. The van der Waals surface area contributed by atoms with Gasteiger partial charge in [0.25, 0.3) is 5.56 Å². The summed E-state index contributed by atoms with van der Waals surface area (Å²) in [5.74, 6) is -1.80. The molecule has 12 heteroatoms. The predicted octanol–water partition coefficient (Wildman–Crippen LogP) is 2.59. The van der Waals surface area contributed by atoms with Gasteiger partial charge in [0, 0.05) is 35.5 Å². The predicted molar refractivity (Wildman–Crippen MR) is 115 cm³/mol. The second-order valence-electron chi connectivity index (χ2n) is 6.81. The van der Waals surface area contributed by atoms with Gasteiger partial charge in [-0.2, -0.15) is 4.37 Å².